The lowest BCUT2D eigenvalue weighted by atomic mass is 9.95. The number of hydrogen-bond donors (Lipinski definition) is 1. The first-order valence-electron chi connectivity index (χ1n) is 11.9. The molecule has 2 heterocycles. The predicted octanol–water partition coefficient (Wildman–Crippen LogP) is 6.53. The largest absolute Gasteiger partial charge is 0.493 e. The van der Waals surface area contributed by atoms with Gasteiger partial charge in [-0.15, -0.1) is 5.10 Å². The topological polar surface area (TPSA) is 87.5 Å². The summed E-state index contributed by atoms with van der Waals surface area (Å²) in [6.45, 7) is 6.31. The molecule has 3 aromatic rings. The Morgan fingerprint density at radius 1 is 1.16 bits per heavy atom. The Bertz CT molecular complexity index is 1310. The third-order valence-electron chi connectivity index (χ3n) is 5.70. The maximum atomic E-state index is 13.2. The second kappa shape index (κ2) is 12.1. The second-order valence-corrected chi connectivity index (χ2v) is 10.2. The van der Waals surface area contributed by atoms with Crippen molar-refractivity contribution in [3.63, 3.8) is 0 Å². The number of carbonyl (C=O) groups is 1. The quantitative estimate of drug-likeness (QED) is 0.220. The van der Waals surface area contributed by atoms with Gasteiger partial charge in [0.2, 0.25) is 11.1 Å². The van der Waals surface area contributed by atoms with Crippen LogP contribution in [0, 0.1) is 0 Å². The van der Waals surface area contributed by atoms with Crippen LogP contribution >= 0.6 is 35.0 Å². The number of ether oxygens (including phenoxy) is 3. The molecule has 8 nitrogen and oxygen atoms in total. The van der Waals surface area contributed by atoms with E-state index < -0.39 is 12.0 Å². The van der Waals surface area contributed by atoms with Crippen molar-refractivity contribution in [1.29, 1.82) is 0 Å². The molecule has 1 aliphatic heterocycles. The Balaban J connectivity index is 1.72. The molecule has 1 aromatic heterocycles. The van der Waals surface area contributed by atoms with Crippen molar-refractivity contribution < 1.29 is 19.0 Å². The number of nitrogens with zero attached hydrogens (tertiary/aromatic N) is 3. The number of methoxy groups -OCH3 is 1. The Hall–Kier alpha value is -2.88. The van der Waals surface area contributed by atoms with E-state index in [2.05, 4.69) is 15.4 Å². The number of hydrogen-bond acceptors (Lipinski definition) is 8. The lowest BCUT2D eigenvalue weighted by Crippen LogP contribution is -2.29. The molecular formula is C26H28Cl2N4O4S. The van der Waals surface area contributed by atoms with E-state index in [4.69, 9.17) is 37.4 Å². The minimum Gasteiger partial charge on any atom is -0.493 e. The fourth-order valence-corrected chi connectivity index (χ4v) is 5.02. The lowest BCUT2D eigenvalue weighted by molar-refractivity contribution is -0.139. The number of thioether (sulfide) groups is 1. The summed E-state index contributed by atoms with van der Waals surface area (Å²) in [7, 11) is 1.56. The Kier molecular flexibility index (Phi) is 8.89. The van der Waals surface area contributed by atoms with Crippen LogP contribution in [0.25, 0.3) is 0 Å². The highest BCUT2D eigenvalue weighted by Gasteiger charge is 2.35. The van der Waals surface area contributed by atoms with Gasteiger partial charge in [0.05, 0.1) is 19.3 Å². The number of anilines is 1. The van der Waals surface area contributed by atoms with E-state index in [1.807, 2.05) is 32.9 Å². The van der Waals surface area contributed by atoms with Crippen LogP contribution in [0.1, 0.15) is 44.4 Å². The maximum Gasteiger partial charge on any atom is 0.338 e. The highest BCUT2D eigenvalue weighted by atomic mass is 35.5. The van der Waals surface area contributed by atoms with Gasteiger partial charge in [-0.2, -0.15) is 4.98 Å². The minimum atomic E-state index is -0.569. The Labute approximate surface area is 230 Å². The molecule has 0 saturated heterocycles. The molecule has 37 heavy (non-hydrogen) atoms. The normalized spacial score (nSPS) is 14.7. The van der Waals surface area contributed by atoms with Crippen LogP contribution in [0.15, 0.2) is 52.8 Å². The first-order valence-corrected chi connectivity index (χ1v) is 13.6. The summed E-state index contributed by atoms with van der Waals surface area (Å²) in [5.74, 6) is 1.96. The van der Waals surface area contributed by atoms with Crippen LogP contribution in [-0.4, -0.2) is 40.2 Å². The molecule has 0 aliphatic carbocycles. The molecule has 4 rings (SSSR count). The molecule has 0 spiro atoms. The van der Waals surface area contributed by atoms with Gasteiger partial charge in [-0.1, -0.05) is 60.9 Å². The molecule has 11 heteroatoms. The summed E-state index contributed by atoms with van der Waals surface area (Å²) in [6.07, 6.45) is 0.720. The van der Waals surface area contributed by atoms with Gasteiger partial charge in [0, 0.05) is 21.3 Å². The van der Waals surface area contributed by atoms with Gasteiger partial charge in [-0.3, -0.25) is 0 Å². The van der Waals surface area contributed by atoms with Crippen LogP contribution in [-0.2, 0) is 16.1 Å². The van der Waals surface area contributed by atoms with E-state index in [1.165, 1.54) is 11.8 Å². The summed E-state index contributed by atoms with van der Waals surface area (Å²) in [6, 6.07) is 10.2. The van der Waals surface area contributed by atoms with Crippen molar-refractivity contribution in [2.24, 2.45) is 0 Å². The molecule has 0 bridgehead atoms. The van der Waals surface area contributed by atoms with Gasteiger partial charge < -0.3 is 19.5 Å². The molecule has 1 N–H and O–H groups in total. The zero-order valence-corrected chi connectivity index (χ0v) is 23.3. The molecule has 0 fully saturated rings. The highest BCUT2D eigenvalue weighted by molar-refractivity contribution is 7.99. The third kappa shape index (κ3) is 5.84. The Morgan fingerprint density at radius 2 is 1.92 bits per heavy atom. The molecule has 196 valence electrons. The molecule has 2 aromatic carbocycles. The third-order valence-corrected chi connectivity index (χ3v) is 7.13. The zero-order valence-electron chi connectivity index (χ0n) is 21.0. The van der Waals surface area contributed by atoms with Gasteiger partial charge in [0.25, 0.3) is 0 Å². The SMILES string of the molecule is CCCOC(=O)C1=C(C)Nc2nc(SCC)nn2C1c1ccc(OCc2c(Cl)cccc2Cl)c(OC)c1. The molecule has 0 amide bonds. The van der Waals surface area contributed by atoms with Crippen molar-refractivity contribution in [3.8, 4) is 11.5 Å². The van der Waals surface area contributed by atoms with Gasteiger partial charge in [-0.25, -0.2) is 9.48 Å². The zero-order chi connectivity index (χ0) is 26.5. The fraction of sp³-hybridized carbons (Fsp3) is 0.346. The summed E-state index contributed by atoms with van der Waals surface area (Å²) in [5, 5.41) is 9.55. The molecule has 0 saturated carbocycles. The molecule has 1 aliphatic rings. The monoisotopic (exact) mass is 562 g/mol. The van der Waals surface area contributed by atoms with Crippen LogP contribution in [0.4, 0.5) is 5.95 Å². The minimum absolute atomic E-state index is 0.167. The molecular weight excluding hydrogens is 535 g/mol. The van der Waals surface area contributed by atoms with Crippen molar-refractivity contribution in [2.45, 2.75) is 45.0 Å². The van der Waals surface area contributed by atoms with Gasteiger partial charge >= 0.3 is 5.97 Å². The summed E-state index contributed by atoms with van der Waals surface area (Å²) >= 11 is 14.1. The number of carbonyl (C=O) groups excluding carboxylic acids is 1. The summed E-state index contributed by atoms with van der Waals surface area (Å²) in [4.78, 5) is 17.8. The summed E-state index contributed by atoms with van der Waals surface area (Å²) < 4.78 is 18.9. The van der Waals surface area contributed by atoms with Gasteiger partial charge in [0.15, 0.2) is 11.5 Å². The van der Waals surface area contributed by atoms with Crippen molar-refractivity contribution in [2.75, 3.05) is 24.8 Å². The predicted molar refractivity (Wildman–Crippen MR) is 146 cm³/mol. The number of esters is 1. The summed E-state index contributed by atoms with van der Waals surface area (Å²) in [5.41, 5.74) is 2.57. The van der Waals surface area contributed by atoms with Gasteiger partial charge in [-0.05, 0) is 48.9 Å². The van der Waals surface area contributed by atoms with E-state index >= 15 is 0 Å². The number of halogens is 2. The molecule has 0 radical (unpaired) electrons. The number of allylic oxidation sites excluding steroid dienone is 1. The van der Waals surface area contributed by atoms with Crippen molar-refractivity contribution in [3.05, 3.63) is 68.8 Å². The van der Waals surface area contributed by atoms with E-state index in [0.29, 0.717) is 56.1 Å². The van der Waals surface area contributed by atoms with E-state index in [9.17, 15) is 4.79 Å². The smallest absolute Gasteiger partial charge is 0.338 e. The lowest BCUT2D eigenvalue weighted by Gasteiger charge is -2.28. The van der Waals surface area contributed by atoms with E-state index in [0.717, 1.165) is 17.7 Å². The van der Waals surface area contributed by atoms with Crippen LogP contribution in [0.3, 0.4) is 0 Å². The number of nitrogens with one attached hydrogen (secondary N) is 1. The number of aromatic nitrogens is 3. The number of rotatable bonds is 10. The first kappa shape index (κ1) is 27.2. The number of fused-ring (bicyclic) bond motifs is 1. The second-order valence-electron chi connectivity index (χ2n) is 8.20. The fourth-order valence-electron chi connectivity index (χ4n) is 3.96. The maximum absolute atomic E-state index is 13.2. The average molecular weight is 564 g/mol. The molecule has 1 atom stereocenters. The standard InChI is InChI=1S/C26H28Cl2N4O4S/c1-5-12-35-24(33)22-15(3)29-25-30-26(37-6-2)31-32(25)23(22)16-10-11-20(21(13-16)34-4)36-14-17-18(27)8-7-9-19(17)28/h7-11,13,23H,5-6,12,14H2,1-4H3,(H,29,30,31). The van der Waals surface area contributed by atoms with Gasteiger partial charge in [0.1, 0.15) is 12.6 Å². The average Bonchev–Trinajstić information content (AvgIpc) is 3.28. The van der Waals surface area contributed by atoms with Crippen molar-refractivity contribution >= 4 is 46.9 Å². The molecule has 1 unspecified atom stereocenters. The first-order chi connectivity index (χ1) is 17.9. The Morgan fingerprint density at radius 3 is 2.59 bits per heavy atom. The van der Waals surface area contributed by atoms with Crippen LogP contribution < -0.4 is 14.8 Å². The van der Waals surface area contributed by atoms with Crippen molar-refractivity contribution in [1.82, 2.24) is 14.8 Å². The van der Waals surface area contributed by atoms with Crippen LogP contribution in [0.5, 0.6) is 11.5 Å². The van der Waals surface area contributed by atoms with Crippen LogP contribution in [0.2, 0.25) is 10.0 Å². The van der Waals surface area contributed by atoms with E-state index in [-0.39, 0.29) is 6.61 Å². The highest BCUT2D eigenvalue weighted by Crippen LogP contribution is 2.40. The number of benzene rings is 2. The van der Waals surface area contributed by atoms with E-state index in [1.54, 1.807) is 36.1 Å².